The molecule has 1 atom stereocenters. The number of nitrogens with zero attached hydrogens (tertiary/aromatic N) is 1. The van der Waals surface area contributed by atoms with E-state index in [0.29, 0.717) is 12.1 Å². The Labute approximate surface area is 118 Å². The number of carbonyl (C=O) groups excluding carboxylic acids is 1. The molecule has 0 radical (unpaired) electrons. The van der Waals surface area contributed by atoms with Crippen molar-refractivity contribution in [3.63, 3.8) is 0 Å². The van der Waals surface area contributed by atoms with Gasteiger partial charge in [0.2, 0.25) is 0 Å². The van der Waals surface area contributed by atoms with Crippen LogP contribution in [0, 0.1) is 0 Å². The van der Waals surface area contributed by atoms with Crippen molar-refractivity contribution in [2.24, 2.45) is 0 Å². The number of aliphatic hydroxyl groups is 1. The number of amides is 1. The molecule has 1 aromatic carbocycles. The minimum absolute atomic E-state index is 0.102. The van der Waals surface area contributed by atoms with E-state index in [4.69, 9.17) is 11.6 Å². The van der Waals surface area contributed by atoms with Crippen LogP contribution < -0.4 is 5.32 Å². The van der Waals surface area contributed by atoms with Crippen molar-refractivity contribution in [1.82, 2.24) is 4.90 Å². The Balaban J connectivity index is 1.92. The second-order valence-electron chi connectivity index (χ2n) is 4.77. The number of anilines is 1. The highest BCUT2D eigenvalue weighted by molar-refractivity contribution is 6.18. The average Bonchev–Trinajstić information content (AvgIpc) is 2.98. The number of benzene rings is 1. The van der Waals surface area contributed by atoms with Crippen LogP contribution in [-0.2, 0) is 0 Å². The zero-order valence-electron chi connectivity index (χ0n) is 10.8. The molecule has 1 aliphatic heterocycles. The lowest BCUT2D eigenvalue weighted by atomic mass is 10.2. The van der Waals surface area contributed by atoms with Crippen LogP contribution in [0.4, 0.5) is 5.69 Å². The van der Waals surface area contributed by atoms with Crippen LogP contribution in [0.15, 0.2) is 24.3 Å². The summed E-state index contributed by atoms with van der Waals surface area (Å²) in [4.78, 5) is 14.0. The lowest BCUT2D eigenvalue weighted by Gasteiger charge is -2.15. The molecule has 1 saturated heterocycles. The Morgan fingerprint density at radius 1 is 1.32 bits per heavy atom. The Morgan fingerprint density at radius 2 is 1.95 bits per heavy atom. The van der Waals surface area contributed by atoms with E-state index < -0.39 is 6.10 Å². The molecular weight excluding hydrogens is 264 g/mol. The van der Waals surface area contributed by atoms with Gasteiger partial charge < -0.3 is 15.3 Å². The molecule has 5 heteroatoms. The predicted octanol–water partition coefficient (Wildman–Crippen LogP) is 1.93. The summed E-state index contributed by atoms with van der Waals surface area (Å²) in [5.74, 6) is 0.309. The summed E-state index contributed by atoms with van der Waals surface area (Å²) < 4.78 is 0. The van der Waals surface area contributed by atoms with E-state index in [1.165, 1.54) is 0 Å². The molecule has 1 aromatic rings. The molecule has 0 aromatic heterocycles. The third kappa shape index (κ3) is 3.85. The van der Waals surface area contributed by atoms with Gasteiger partial charge in [-0.05, 0) is 37.1 Å². The molecule has 2 rings (SSSR count). The molecule has 1 amide bonds. The van der Waals surface area contributed by atoms with Crippen LogP contribution in [0.2, 0.25) is 0 Å². The van der Waals surface area contributed by atoms with Crippen LogP contribution >= 0.6 is 11.6 Å². The summed E-state index contributed by atoms with van der Waals surface area (Å²) >= 11 is 5.52. The van der Waals surface area contributed by atoms with Gasteiger partial charge >= 0.3 is 0 Å². The van der Waals surface area contributed by atoms with Gasteiger partial charge in [0.05, 0.1) is 12.0 Å². The molecule has 1 heterocycles. The van der Waals surface area contributed by atoms with Crippen LogP contribution in [-0.4, -0.2) is 47.5 Å². The fourth-order valence-corrected chi connectivity index (χ4v) is 2.23. The maximum atomic E-state index is 12.1. The fraction of sp³-hybridized carbons (Fsp3) is 0.500. The zero-order chi connectivity index (χ0) is 13.7. The number of halogens is 1. The van der Waals surface area contributed by atoms with Gasteiger partial charge in [0.15, 0.2) is 0 Å². The fourth-order valence-electron chi connectivity index (χ4n) is 2.12. The van der Waals surface area contributed by atoms with Gasteiger partial charge in [-0.3, -0.25) is 4.79 Å². The van der Waals surface area contributed by atoms with E-state index in [2.05, 4.69) is 5.32 Å². The third-order valence-corrected chi connectivity index (χ3v) is 3.60. The largest absolute Gasteiger partial charge is 0.390 e. The number of carbonyl (C=O) groups is 1. The Hall–Kier alpha value is -1.26. The first-order chi connectivity index (χ1) is 9.20. The summed E-state index contributed by atoms with van der Waals surface area (Å²) in [7, 11) is 0. The lowest BCUT2D eigenvalue weighted by Crippen LogP contribution is -2.27. The molecular formula is C14H19ClN2O2. The van der Waals surface area contributed by atoms with Gasteiger partial charge in [0.25, 0.3) is 5.91 Å². The monoisotopic (exact) mass is 282 g/mol. The molecule has 19 heavy (non-hydrogen) atoms. The summed E-state index contributed by atoms with van der Waals surface area (Å²) in [6.45, 7) is 2.13. The van der Waals surface area contributed by atoms with Crippen LogP contribution in [0.3, 0.4) is 0 Å². The predicted molar refractivity (Wildman–Crippen MR) is 76.8 cm³/mol. The minimum Gasteiger partial charge on any atom is -0.390 e. The standard InChI is InChI=1S/C14H19ClN2O2/c15-9-13(18)10-16-12-5-3-11(4-6-12)14(19)17-7-1-2-8-17/h3-6,13,16,18H,1-2,7-10H2. The number of hydrogen-bond acceptors (Lipinski definition) is 3. The Kier molecular flexibility index (Phi) is 5.05. The quantitative estimate of drug-likeness (QED) is 0.812. The summed E-state index contributed by atoms with van der Waals surface area (Å²) in [5.41, 5.74) is 1.59. The zero-order valence-corrected chi connectivity index (χ0v) is 11.6. The van der Waals surface area contributed by atoms with Crippen molar-refractivity contribution in [2.75, 3.05) is 30.8 Å². The van der Waals surface area contributed by atoms with Gasteiger partial charge in [-0.2, -0.15) is 0 Å². The minimum atomic E-state index is -0.562. The summed E-state index contributed by atoms with van der Waals surface area (Å²) in [6.07, 6.45) is 1.64. The van der Waals surface area contributed by atoms with Crippen LogP contribution in [0.1, 0.15) is 23.2 Å². The molecule has 104 valence electrons. The number of rotatable bonds is 5. The van der Waals surface area contributed by atoms with Gasteiger partial charge in [-0.25, -0.2) is 0 Å². The Bertz CT molecular complexity index is 416. The third-order valence-electron chi connectivity index (χ3n) is 3.25. The summed E-state index contributed by atoms with van der Waals surface area (Å²) in [5, 5.41) is 12.4. The van der Waals surface area contributed by atoms with Gasteiger partial charge in [-0.1, -0.05) is 0 Å². The maximum Gasteiger partial charge on any atom is 0.253 e. The highest BCUT2D eigenvalue weighted by Crippen LogP contribution is 2.15. The van der Waals surface area contributed by atoms with E-state index in [9.17, 15) is 9.90 Å². The number of alkyl halides is 1. The normalized spacial score (nSPS) is 16.4. The second-order valence-corrected chi connectivity index (χ2v) is 5.07. The second kappa shape index (κ2) is 6.78. The van der Waals surface area contributed by atoms with Crippen molar-refractivity contribution >= 4 is 23.2 Å². The first-order valence-corrected chi connectivity index (χ1v) is 7.11. The molecule has 4 nitrogen and oxygen atoms in total. The highest BCUT2D eigenvalue weighted by Gasteiger charge is 2.19. The molecule has 1 aliphatic rings. The first kappa shape index (κ1) is 14.2. The molecule has 2 N–H and O–H groups in total. The van der Waals surface area contributed by atoms with Crippen molar-refractivity contribution in [1.29, 1.82) is 0 Å². The Morgan fingerprint density at radius 3 is 2.53 bits per heavy atom. The maximum absolute atomic E-state index is 12.1. The highest BCUT2D eigenvalue weighted by atomic mass is 35.5. The van der Waals surface area contributed by atoms with Crippen LogP contribution in [0.5, 0.6) is 0 Å². The first-order valence-electron chi connectivity index (χ1n) is 6.58. The van der Waals surface area contributed by atoms with Gasteiger partial charge in [0, 0.05) is 30.9 Å². The molecule has 0 spiro atoms. The van der Waals surface area contributed by atoms with E-state index in [0.717, 1.165) is 31.6 Å². The van der Waals surface area contributed by atoms with Gasteiger partial charge in [0.1, 0.15) is 0 Å². The number of nitrogens with one attached hydrogen (secondary N) is 1. The number of likely N-dealkylation sites (tertiary alicyclic amines) is 1. The van der Waals surface area contributed by atoms with E-state index in [1.54, 1.807) is 0 Å². The van der Waals surface area contributed by atoms with E-state index in [-0.39, 0.29) is 11.8 Å². The smallest absolute Gasteiger partial charge is 0.253 e. The van der Waals surface area contributed by atoms with Crippen LogP contribution in [0.25, 0.3) is 0 Å². The van der Waals surface area contributed by atoms with Crippen molar-refractivity contribution in [2.45, 2.75) is 18.9 Å². The van der Waals surface area contributed by atoms with E-state index >= 15 is 0 Å². The average molecular weight is 283 g/mol. The number of hydrogen-bond donors (Lipinski definition) is 2. The number of aliphatic hydroxyl groups excluding tert-OH is 1. The van der Waals surface area contributed by atoms with Crippen molar-refractivity contribution < 1.29 is 9.90 Å². The molecule has 0 saturated carbocycles. The van der Waals surface area contributed by atoms with Crippen molar-refractivity contribution in [3.8, 4) is 0 Å². The summed E-state index contributed by atoms with van der Waals surface area (Å²) in [6, 6.07) is 7.33. The SMILES string of the molecule is O=C(c1ccc(NCC(O)CCl)cc1)N1CCCC1. The molecule has 1 unspecified atom stereocenters. The lowest BCUT2D eigenvalue weighted by molar-refractivity contribution is 0.0793. The molecule has 0 aliphatic carbocycles. The van der Waals surface area contributed by atoms with Crippen molar-refractivity contribution in [3.05, 3.63) is 29.8 Å². The molecule has 0 bridgehead atoms. The molecule has 1 fully saturated rings. The van der Waals surface area contributed by atoms with Gasteiger partial charge in [-0.15, -0.1) is 11.6 Å². The topological polar surface area (TPSA) is 52.6 Å². The van der Waals surface area contributed by atoms with E-state index in [1.807, 2.05) is 29.2 Å².